The summed E-state index contributed by atoms with van der Waals surface area (Å²) in [6, 6.07) is 6.70. The number of methoxy groups -OCH3 is 1. The summed E-state index contributed by atoms with van der Waals surface area (Å²) >= 11 is 0. The number of oxime groups is 1. The Bertz CT molecular complexity index is 432. The Morgan fingerprint density at radius 1 is 1.35 bits per heavy atom. The third-order valence-corrected chi connectivity index (χ3v) is 2.00. The number of aryl methyl sites for hydroxylation is 1. The second kappa shape index (κ2) is 5.93. The average Bonchev–Trinajstić information content (AvgIpc) is 2.30. The van der Waals surface area contributed by atoms with Crippen LogP contribution in [0.4, 0.5) is 8.78 Å². The first-order valence-electron chi connectivity index (χ1n) is 4.72. The highest BCUT2D eigenvalue weighted by Crippen LogP contribution is 2.11. The molecule has 0 aromatic heterocycles. The van der Waals surface area contributed by atoms with Gasteiger partial charge in [0.1, 0.15) is 0 Å². The molecule has 0 radical (unpaired) electrons. The van der Waals surface area contributed by atoms with E-state index in [9.17, 15) is 13.6 Å². The zero-order valence-electron chi connectivity index (χ0n) is 9.31. The van der Waals surface area contributed by atoms with Gasteiger partial charge in [-0.1, -0.05) is 29.4 Å². The van der Waals surface area contributed by atoms with E-state index in [4.69, 9.17) is 0 Å². The van der Waals surface area contributed by atoms with E-state index < -0.39 is 12.6 Å². The number of nitrogens with zero attached hydrogens (tertiary/aromatic N) is 1. The van der Waals surface area contributed by atoms with E-state index in [0.29, 0.717) is 11.1 Å². The largest absolute Gasteiger partial charge is 0.464 e. The molecule has 0 saturated carbocycles. The van der Waals surface area contributed by atoms with Crippen molar-refractivity contribution < 1.29 is 23.1 Å². The molecular formula is C11H11F2NO3. The van der Waals surface area contributed by atoms with E-state index in [-0.39, 0.29) is 5.71 Å². The maximum Gasteiger partial charge on any atom is 0.407 e. The standard InChI is InChI=1S/C11H11F2NO3/c1-7-5-3-4-6-8(7)9(10(15)16-2)14-17-11(12)13/h3-6,11H,1-2H3/b14-9+. The lowest BCUT2D eigenvalue weighted by Gasteiger charge is -2.07. The van der Waals surface area contributed by atoms with Crippen molar-refractivity contribution in [1.29, 1.82) is 0 Å². The minimum atomic E-state index is -3.08. The highest BCUT2D eigenvalue weighted by atomic mass is 19.3. The normalized spacial score (nSPS) is 11.5. The second-order valence-corrected chi connectivity index (χ2v) is 3.11. The summed E-state index contributed by atoms with van der Waals surface area (Å²) in [6.07, 6.45) is 0. The monoisotopic (exact) mass is 243 g/mol. The Hall–Kier alpha value is -1.98. The van der Waals surface area contributed by atoms with Crippen LogP contribution in [0.2, 0.25) is 0 Å². The molecule has 0 unspecified atom stereocenters. The van der Waals surface area contributed by atoms with Gasteiger partial charge in [-0.15, -0.1) is 0 Å². The summed E-state index contributed by atoms with van der Waals surface area (Å²) in [5, 5.41) is 3.12. The molecule has 0 fully saturated rings. The summed E-state index contributed by atoms with van der Waals surface area (Å²) in [4.78, 5) is 15.2. The minimum Gasteiger partial charge on any atom is -0.464 e. The first-order chi connectivity index (χ1) is 8.06. The molecule has 4 nitrogen and oxygen atoms in total. The molecule has 1 rings (SSSR count). The SMILES string of the molecule is COC(=O)/C(=N/OC(F)F)c1ccccc1C. The second-order valence-electron chi connectivity index (χ2n) is 3.11. The Balaban J connectivity index is 3.11. The Kier molecular flexibility index (Phi) is 4.56. The number of carbonyl (C=O) groups excluding carboxylic acids is 1. The fraction of sp³-hybridized carbons (Fsp3) is 0.273. The highest BCUT2D eigenvalue weighted by molar-refractivity contribution is 6.43. The van der Waals surface area contributed by atoms with Gasteiger partial charge in [-0.05, 0) is 12.5 Å². The molecule has 0 N–H and O–H groups in total. The van der Waals surface area contributed by atoms with E-state index in [0.717, 1.165) is 7.11 Å². The van der Waals surface area contributed by atoms with Gasteiger partial charge in [-0.2, -0.15) is 8.78 Å². The molecule has 0 saturated heterocycles. The molecule has 0 atom stereocenters. The molecule has 0 aliphatic carbocycles. The third kappa shape index (κ3) is 3.51. The van der Waals surface area contributed by atoms with Crippen molar-refractivity contribution in [2.45, 2.75) is 13.5 Å². The van der Waals surface area contributed by atoms with Crippen LogP contribution in [-0.2, 0) is 14.4 Å². The summed E-state index contributed by atoms with van der Waals surface area (Å²) in [7, 11) is 1.14. The average molecular weight is 243 g/mol. The molecule has 0 aliphatic heterocycles. The maximum absolute atomic E-state index is 11.9. The molecule has 0 amide bonds. The van der Waals surface area contributed by atoms with Gasteiger partial charge in [0.2, 0.25) is 0 Å². The van der Waals surface area contributed by atoms with Crippen molar-refractivity contribution in [3.63, 3.8) is 0 Å². The number of ether oxygens (including phenoxy) is 1. The third-order valence-electron chi connectivity index (χ3n) is 2.00. The number of hydrogen-bond donors (Lipinski definition) is 0. The fourth-order valence-corrected chi connectivity index (χ4v) is 1.22. The molecule has 1 aromatic rings. The lowest BCUT2D eigenvalue weighted by molar-refractivity contribution is -0.136. The molecule has 1 aromatic carbocycles. The van der Waals surface area contributed by atoms with Crippen LogP contribution >= 0.6 is 0 Å². The Labute approximate surface area is 96.8 Å². The number of hydrogen-bond acceptors (Lipinski definition) is 4. The van der Waals surface area contributed by atoms with E-state index >= 15 is 0 Å². The van der Waals surface area contributed by atoms with Crippen LogP contribution < -0.4 is 0 Å². The predicted molar refractivity (Wildman–Crippen MR) is 56.8 cm³/mol. The number of carbonyl (C=O) groups is 1. The van der Waals surface area contributed by atoms with Gasteiger partial charge in [0, 0.05) is 5.56 Å². The van der Waals surface area contributed by atoms with Crippen molar-refractivity contribution >= 4 is 11.7 Å². The van der Waals surface area contributed by atoms with Gasteiger partial charge in [0.05, 0.1) is 7.11 Å². The van der Waals surface area contributed by atoms with Crippen LogP contribution in [-0.4, -0.2) is 25.4 Å². The van der Waals surface area contributed by atoms with Gasteiger partial charge in [-0.25, -0.2) is 4.79 Å². The van der Waals surface area contributed by atoms with Crippen molar-refractivity contribution in [1.82, 2.24) is 0 Å². The maximum atomic E-state index is 11.9. The van der Waals surface area contributed by atoms with Crippen molar-refractivity contribution in [2.75, 3.05) is 7.11 Å². The highest BCUT2D eigenvalue weighted by Gasteiger charge is 2.18. The fourth-order valence-electron chi connectivity index (χ4n) is 1.22. The van der Waals surface area contributed by atoms with Crippen LogP contribution in [0.15, 0.2) is 29.4 Å². The summed E-state index contributed by atoms with van der Waals surface area (Å²) in [5.74, 6) is -0.833. The van der Waals surface area contributed by atoms with Crippen molar-refractivity contribution in [3.05, 3.63) is 35.4 Å². The first-order valence-corrected chi connectivity index (χ1v) is 4.72. The van der Waals surface area contributed by atoms with Crippen LogP contribution in [0, 0.1) is 6.92 Å². The molecule has 0 aliphatic rings. The summed E-state index contributed by atoms with van der Waals surface area (Å²) in [6.45, 7) is -1.37. The molecule has 17 heavy (non-hydrogen) atoms. The molecular weight excluding hydrogens is 232 g/mol. The lowest BCUT2D eigenvalue weighted by atomic mass is 10.0. The van der Waals surface area contributed by atoms with Crippen LogP contribution in [0.25, 0.3) is 0 Å². The summed E-state index contributed by atoms with van der Waals surface area (Å²) in [5.41, 5.74) is 0.806. The number of esters is 1. The van der Waals surface area contributed by atoms with Gasteiger partial charge >= 0.3 is 12.6 Å². The smallest absolute Gasteiger partial charge is 0.407 e. The zero-order valence-corrected chi connectivity index (χ0v) is 9.31. The number of rotatable bonds is 4. The first kappa shape index (κ1) is 13.1. The van der Waals surface area contributed by atoms with E-state index in [1.54, 1.807) is 31.2 Å². The van der Waals surface area contributed by atoms with Gasteiger partial charge < -0.3 is 9.57 Å². The Morgan fingerprint density at radius 2 is 2.00 bits per heavy atom. The number of halogens is 2. The number of benzene rings is 1. The van der Waals surface area contributed by atoms with Crippen molar-refractivity contribution in [3.8, 4) is 0 Å². The van der Waals surface area contributed by atoms with E-state index in [2.05, 4.69) is 14.7 Å². The summed E-state index contributed by atoms with van der Waals surface area (Å²) < 4.78 is 28.3. The minimum absolute atomic E-state index is 0.286. The molecule has 0 bridgehead atoms. The zero-order chi connectivity index (χ0) is 12.8. The van der Waals surface area contributed by atoms with E-state index in [1.807, 2.05) is 0 Å². The quantitative estimate of drug-likeness (QED) is 0.462. The Morgan fingerprint density at radius 3 is 2.53 bits per heavy atom. The molecule has 92 valence electrons. The van der Waals surface area contributed by atoms with E-state index in [1.165, 1.54) is 0 Å². The van der Waals surface area contributed by atoms with Crippen LogP contribution in [0.5, 0.6) is 0 Å². The lowest BCUT2D eigenvalue weighted by Crippen LogP contribution is -2.19. The predicted octanol–water partition coefficient (Wildman–Crippen LogP) is 2.11. The van der Waals surface area contributed by atoms with Gasteiger partial charge in [0.25, 0.3) is 0 Å². The molecule has 0 spiro atoms. The molecule has 6 heteroatoms. The molecule has 0 heterocycles. The van der Waals surface area contributed by atoms with Gasteiger partial charge in [-0.3, -0.25) is 0 Å². The van der Waals surface area contributed by atoms with Crippen molar-refractivity contribution in [2.24, 2.45) is 5.16 Å². The van der Waals surface area contributed by atoms with Crippen LogP contribution in [0.1, 0.15) is 11.1 Å². The number of alkyl halides is 2. The topological polar surface area (TPSA) is 47.9 Å². The van der Waals surface area contributed by atoms with Gasteiger partial charge in [0.15, 0.2) is 5.71 Å². The van der Waals surface area contributed by atoms with Crippen LogP contribution in [0.3, 0.4) is 0 Å².